The van der Waals surface area contributed by atoms with Gasteiger partial charge >= 0.3 is 0 Å². The van der Waals surface area contributed by atoms with Crippen molar-refractivity contribution in [1.29, 1.82) is 0 Å². The van der Waals surface area contributed by atoms with Crippen molar-refractivity contribution >= 4 is 39.1 Å². The summed E-state index contributed by atoms with van der Waals surface area (Å²) in [6.45, 7) is 3.76. The molecule has 0 radical (unpaired) electrons. The number of amides is 2. The number of carbonyl (C=O) groups is 2. The van der Waals surface area contributed by atoms with Crippen LogP contribution in [0.25, 0.3) is 10.2 Å². The SMILES string of the molecule is CNC(=O)c1sc2nc([C@@]3(C)CCCN(C(=O)C4CCCC4)C3)ccc2c1N. The molecule has 150 valence electrons. The fourth-order valence-corrected chi connectivity index (χ4v) is 5.72. The van der Waals surface area contributed by atoms with Gasteiger partial charge < -0.3 is 16.0 Å². The second-order valence-corrected chi connectivity index (χ2v) is 9.38. The van der Waals surface area contributed by atoms with E-state index in [0.717, 1.165) is 48.1 Å². The van der Waals surface area contributed by atoms with Crippen LogP contribution in [0.3, 0.4) is 0 Å². The van der Waals surface area contributed by atoms with E-state index in [2.05, 4.69) is 17.1 Å². The van der Waals surface area contributed by atoms with Gasteiger partial charge in [0, 0.05) is 42.6 Å². The fraction of sp³-hybridized carbons (Fsp3) is 0.571. The van der Waals surface area contributed by atoms with Gasteiger partial charge in [0.1, 0.15) is 9.71 Å². The van der Waals surface area contributed by atoms with Crippen molar-refractivity contribution in [2.45, 2.75) is 50.9 Å². The Morgan fingerprint density at radius 3 is 2.75 bits per heavy atom. The van der Waals surface area contributed by atoms with Gasteiger partial charge in [0.25, 0.3) is 5.91 Å². The standard InChI is InChI=1S/C21H28N4O2S/c1-21(10-5-11-25(12-21)20(27)13-6-3-4-7-13)15-9-8-14-16(22)17(18(26)23-2)28-19(14)24-15/h8-9,13H,3-7,10-12,22H2,1-2H3,(H,23,26)/t21-/m0/s1. The highest BCUT2D eigenvalue weighted by molar-refractivity contribution is 7.21. The fourth-order valence-electron chi connectivity index (χ4n) is 4.68. The van der Waals surface area contributed by atoms with Crippen molar-refractivity contribution in [3.05, 3.63) is 22.7 Å². The zero-order chi connectivity index (χ0) is 19.9. The molecule has 2 amide bonds. The Balaban J connectivity index is 1.62. The number of nitrogens with zero attached hydrogens (tertiary/aromatic N) is 2. The minimum Gasteiger partial charge on any atom is -0.397 e. The van der Waals surface area contributed by atoms with Crippen LogP contribution in [-0.4, -0.2) is 41.8 Å². The highest BCUT2D eigenvalue weighted by Crippen LogP contribution is 2.38. The lowest BCUT2D eigenvalue weighted by molar-refractivity contribution is -0.137. The number of hydrogen-bond donors (Lipinski definition) is 2. The summed E-state index contributed by atoms with van der Waals surface area (Å²) in [5, 5.41) is 3.46. The molecule has 1 saturated heterocycles. The maximum atomic E-state index is 12.9. The van der Waals surface area contributed by atoms with Crippen molar-refractivity contribution in [3.8, 4) is 0 Å². The summed E-state index contributed by atoms with van der Waals surface area (Å²) in [6.07, 6.45) is 6.41. The summed E-state index contributed by atoms with van der Waals surface area (Å²) < 4.78 is 0. The molecule has 0 aromatic carbocycles. The summed E-state index contributed by atoms with van der Waals surface area (Å²) in [5.41, 5.74) is 7.46. The van der Waals surface area contributed by atoms with E-state index in [1.807, 2.05) is 12.1 Å². The number of nitrogens with one attached hydrogen (secondary N) is 1. The van der Waals surface area contributed by atoms with Gasteiger partial charge in [-0.25, -0.2) is 4.98 Å². The minimum atomic E-state index is -0.181. The van der Waals surface area contributed by atoms with Gasteiger partial charge in [0.15, 0.2) is 0 Å². The Morgan fingerprint density at radius 2 is 2.04 bits per heavy atom. The number of aromatic nitrogens is 1. The van der Waals surface area contributed by atoms with Gasteiger partial charge in [-0.2, -0.15) is 0 Å². The van der Waals surface area contributed by atoms with E-state index in [-0.39, 0.29) is 17.2 Å². The average molecular weight is 401 g/mol. The summed E-state index contributed by atoms with van der Waals surface area (Å²) in [7, 11) is 1.60. The van der Waals surface area contributed by atoms with Crippen LogP contribution >= 0.6 is 11.3 Å². The number of rotatable bonds is 3. The third-order valence-electron chi connectivity index (χ3n) is 6.36. The molecule has 2 aromatic heterocycles. The van der Waals surface area contributed by atoms with Crippen LogP contribution in [0.1, 0.15) is 60.8 Å². The first-order valence-electron chi connectivity index (χ1n) is 10.1. The highest BCUT2D eigenvalue weighted by Gasteiger charge is 2.38. The number of fused-ring (bicyclic) bond motifs is 1. The maximum absolute atomic E-state index is 12.9. The second kappa shape index (κ2) is 7.35. The quantitative estimate of drug-likeness (QED) is 0.827. The lowest BCUT2D eigenvalue weighted by Crippen LogP contribution is -2.49. The molecule has 2 aromatic rings. The molecule has 0 bridgehead atoms. The molecule has 6 nitrogen and oxygen atoms in total. The number of nitrogen functional groups attached to an aromatic ring is 1. The summed E-state index contributed by atoms with van der Waals surface area (Å²) in [6, 6.07) is 3.99. The monoisotopic (exact) mass is 400 g/mol. The third kappa shape index (κ3) is 3.26. The molecule has 1 atom stereocenters. The highest BCUT2D eigenvalue weighted by atomic mass is 32.1. The first-order valence-corrected chi connectivity index (χ1v) is 10.9. The van der Waals surface area contributed by atoms with Crippen molar-refractivity contribution < 1.29 is 9.59 Å². The number of carbonyl (C=O) groups excluding carboxylic acids is 2. The predicted octanol–water partition coefficient (Wildman–Crippen LogP) is 3.31. The zero-order valence-corrected chi connectivity index (χ0v) is 17.4. The molecule has 3 N–H and O–H groups in total. The van der Waals surface area contributed by atoms with E-state index in [9.17, 15) is 9.59 Å². The molecule has 3 heterocycles. The second-order valence-electron chi connectivity index (χ2n) is 8.38. The Kier molecular flexibility index (Phi) is 5.04. The summed E-state index contributed by atoms with van der Waals surface area (Å²) in [5.74, 6) is 0.357. The van der Waals surface area contributed by atoms with E-state index in [1.165, 1.54) is 24.2 Å². The van der Waals surface area contributed by atoms with E-state index in [4.69, 9.17) is 10.7 Å². The Bertz CT molecular complexity index is 919. The number of likely N-dealkylation sites (tertiary alicyclic amines) is 1. The Hall–Kier alpha value is -2.15. The molecule has 4 rings (SSSR count). The maximum Gasteiger partial charge on any atom is 0.263 e. The molecule has 1 aliphatic carbocycles. The normalized spacial score (nSPS) is 23.3. The van der Waals surface area contributed by atoms with Crippen LogP contribution in [0.2, 0.25) is 0 Å². The van der Waals surface area contributed by atoms with Crippen molar-refractivity contribution in [2.75, 3.05) is 25.9 Å². The van der Waals surface area contributed by atoms with Crippen molar-refractivity contribution in [1.82, 2.24) is 15.2 Å². The molecule has 1 saturated carbocycles. The third-order valence-corrected chi connectivity index (χ3v) is 7.47. The molecular weight excluding hydrogens is 372 g/mol. The number of anilines is 1. The van der Waals surface area contributed by atoms with Crippen LogP contribution in [0.4, 0.5) is 5.69 Å². The van der Waals surface area contributed by atoms with Crippen LogP contribution in [-0.2, 0) is 10.2 Å². The van der Waals surface area contributed by atoms with Gasteiger partial charge in [0.05, 0.1) is 5.69 Å². The average Bonchev–Trinajstić information content (AvgIpc) is 3.35. The van der Waals surface area contributed by atoms with Gasteiger partial charge in [-0.15, -0.1) is 11.3 Å². The minimum absolute atomic E-state index is 0.174. The van der Waals surface area contributed by atoms with Gasteiger partial charge in [0.2, 0.25) is 5.91 Å². The predicted molar refractivity (Wildman–Crippen MR) is 113 cm³/mol. The lowest BCUT2D eigenvalue weighted by Gasteiger charge is -2.41. The van der Waals surface area contributed by atoms with Crippen LogP contribution in [0, 0.1) is 5.92 Å². The van der Waals surface area contributed by atoms with Gasteiger partial charge in [-0.3, -0.25) is 9.59 Å². The summed E-state index contributed by atoms with van der Waals surface area (Å²) in [4.78, 5) is 33.2. The molecule has 2 aliphatic rings. The van der Waals surface area contributed by atoms with Crippen molar-refractivity contribution in [3.63, 3.8) is 0 Å². The number of thiophene rings is 1. The van der Waals surface area contributed by atoms with Crippen LogP contribution < -0.4 is 11.1 Å². The topological polar surface area (TPSA) is 88.3 Å². The first kappa shape index (κ1) is 19.2. The Labute approximate surface area is 169 Å². The largest absolute Gasteiger partial charge is 0.397 e. The number of piperidine rings is 1. The lowest BCUT2D eigenvalue weighted by atomic mass is 9.78. The smallest absolute Gasteiger partial charge is 0.263 e. The van der Waals surface area contributed by atoms with Crippen molar-refractivity contribution in [2.24, 2.45) is 5.92 Å². The van der Waals surface area contributed by atoms with Crippen LogP contribution in [0.5, 0.6) is 0 Å². The van der Waals surface area contributed by atoms with E-state index < -0.39 is 0 Å². The van der Waals surface area contributed by atoms with E-state index in [1.54, 1.807) is 7.05 Å². The van der Waals surface area contributed by atoms with E-state index in [0.29, 0.717) is 23.0 Å². The Morgan fingerprint density at radius 1 is 1.29 bits per heavy atom. The molecular formula is C21H28N4O2S. The number of nitrogens with two attached hydrogens (primary N) is 1. The molecule has 2 fully saturated rings. The molecule has 7 heteroatoms. The van der Waals surface area contributed by atoms with E-state index >= 15 is 0 Å². The van der Waals surface area contributed by atoms with Gasteiger partial charge in [-0.05, 0) is 37.8 Å². The first-order chi connectivity index (χ1) is 13.4. The molecule has 0 spiro atoms. The number of pyridine rings is 1. The van der Waals surface area contributed by atoms with Crippen LogP contribution in [0.15, 0.2) is 12.1 Å². The zero-order valence-electron chi connectivity index (χ0n) is 16.6. The number of hydrogen-bond acceptors (Lipinski definition) is 5. The van der Waals surface area contributed by atoms with Gasteiger partial charge in [-0.1, -0.05) is 19.8 Å². The molecule has 1 aliphatic heterocycles. The summed E-state index contributed by atoms with van der Waals surface area (Å²) >= 11 is 1.33. The molecule has 0 unspecified atom stereocenters. The molecule has 28 heavy (non-hydrogen) atoms.